The number of rotatable bonds is 4. The Bertz CT molecular complexity index is 1120. The van der Waals surface area contributed by atoms with Crippen molar-refractivity contribution in [3.05, 3.63) is 76.2 Å². The van der Waals surface area contributed by atoms with Gasteiger partial charge in [0, 0.05) is 28.2 Å². The number of anilines is 1. The van der Waals surface area contributed by atoms with Gasteiger partial charge in [-0.05, 0) is 30.3 Å². The van der Waals surface area contributed by atoms with Gasteiger partial charge in [0.05, 0.1) is 17.5 Å². The average molecular weight is 362 g/mol. The number of carbonyl (C=O) groups is 1. The second-order valence-electron chi connectivity index (χ2n) is 5.68. The summed E-state index contributed by atoms with van der Waals surface area (Å²) in [6.45, 7) is 0. The van der Waals surface area contributed by atoms with Crippen LogP contribution in [0.2, 0.25) is 0 Å². The van der Waals surface area contributed by atoms with Gasteiger partial charge < -0.3 is 5.32 Å². The first-order chi connectivity index (χ1) is 12.7. The highest BCUT2D eigenvalue weighted by Crippen LogP contribution is 2.23. The lowest BCUT2D eigenvalue weighted by Crippen LogP contribution is -2.18. The van der Waals surface area contributed by atoms with E-state index in [1.165, 1.54) is 0 Å². The molecule has 0 bridgehead atoms. The topological polar surface area (TPSA) is 87.7 Å². The van der Waals surface area contributed by atoms with Crippen LogP contribution in [0.25, 0.3) is 21.3 Å². The lowest BCUT2D eigenvalue weighted by atomic mass is 10.1. The molecule has 0 saturated heterocycles. The van der Waals surface area contributed by atoms with E-state index in [1.54, 1.807) is 35.7 Å². The van der Waals surface area contributed by atoms with Crippen molar-refractivity contribution in [1.29, 1.82) is 0 Å². The average Bonchev–Trinajstić information content (AvgIpc) is 3.20. The highest BCUT2D eigenvalue weighted by Gasteiger charge is 2.11. The molecule has 0 unspecified atom stereocenters. The quantitative estimate of drug-likeness (QED) is 0.583. The molecule has 2 heterocycles. The Hall–Kier alpha value is -3.32. The number of nitrogens with one attached hydrogen (secondary N) is 2. The Morgan fingerprint density at radius 2 is 1.85 bits per heavy atom. The second kappa shape index (κ2) is 6.89. The molecule has 128 valence electrons. The Balaban J connectivity index is 1.51. The maximum atomic E-state index is 12.4. The number of carbonyl (C=O) groups excluding carboxylic acids is 1. The van der Waals surface area contributed by atoms with Gasteiger partial charge in [-0.25, -0.2) is 10.1 Å². The van der Waals surface area contributed by atoms with Crippen molar-refractivity contribution in [3.8, 4) is 10.6 Å². The van der Waals surface area contributed by atoms with E-state index >= 15 is 0 Å². The molecule has 0 spiro atoms. The maximum absolute atomic E-state index is 12.4. The van der Waals surface area contributed by atoms with Gasteiger partial charge in [-0.2, -0.15) is 5.10 Å². The molecule has 0 aliphatic rings. The van der Waals surface area contributed by atoms with E-state index in [0.717, 1.165) is 10.6 Å². The van der Waals surface area contributed by atoms with E-state index in [1.807, 2.05) is 35.7 Å². The predicted octanol–water partition coefficient (Wildman–Crippen LogP) is 3.23. The molecular formula is C19H14N4O2S. The second-order valence-corrected chi connectivity index (χ2v) is 6.58. The molecule has 0 fully saturated rings. The zero-order valence-corrected chi connectivity index (χ0v) is 14.4. The van der Waals surface area contributed by atoms with Crippen LogP contribution in [0.1, 0.15) is 5.69 Å². The molecular weight excluding hydrogens is 348 g/mol. The third-order valence-corrected chi connectivity index (χ3v) is 4.77. The van der Waals surface area contributed by atoms with Crippen molar-refractivity contribution in [2.24, 2.45) is 0 Å². The molecule has 2 aromatic carbocycles. The number of aromatic nitrogens is 3. The lowest BCUT2D eigenvalue weighted by molar-refractivity contribution is -0.115. The van der Waals surface area contributed by atoms with Crippen LogP contribution in [0.3, 0.4) is 0 Å². The highest BCUT2D eigenvalue weighted by molar-refractivity contribution is 7.13. The fraction of sp³-hybridized carbons (Fsp3) is 0.0526. The smallest absolute Gasteiger partial charge is 0.272 e. The Morgan fingerprint density at radius 3 is 2.58 bits per heavy atom. The molecule has 4 aromatic rings. The van der Waals surface area contributed by atoms with Crippen LogP contribution in [0.15, 0.2) is 64.9 Å². The molecule has 0 saturated carbocycles. The van der Waals surface area contributed by atoms with Crippen LogP contribution in [0, 0.1) is 0 Å². The predicted molar refractivity (Wildman–Crippen MR) is 102 cm³/mol. The zero-order valence-electron chi connectivity index (χ0n) is 13.6. The van der Waals surface area contributed by atoms with Crippen LogP contribution < -0.4 is 10.9 Å². The number of benzene rings is 2. The summed E-state index contributed by atoms with van der Waals surface area (Å²) in [7, 11) is 0. The number of H-pyrrole nitrogens is 1. The summed E-state index contributed by atoms with van der Waals surface area (Å²) in [5, 5.41) is 13.4. The van der Waals surface area contributed by atoms with Crippen molar-refractivity contribution in [3.63, 3.8) is 0 Å². The standard InChI is InChI=1S/C19H14N4O2S/c24-17(11-16-14-3-1-2-4-15(14)18(25)23-22-16)21-13-7-5-12(6-8-13)19-20-9-10-26-19/h1-10H,11H2,(H,21,24)(H,23,25). The molecule has 4 rings (SSSR count). The Morgan fingerprint density at radius 1 is 1.08 bits per heavy atom. The minimum absolute atomic E-state index is 0.0749. The SMILES string of the molecule is O=C(Cc1n[nH]c(=O)c2ccccc12)Nc1ccc(-c2nccs2)cc1. The normalized spacial score (nSPS) is 10.8. The number of hydrogen-bond donors (Lipinski definition) is 2. The monoisotopic (exact) mass is 362 g/mol. The number of thiazole rings is 1. The van der Waals surface area contributed by atoms with E-state index < -0.39 is 0 Å². The summed E-state index contributed by atoms with van der Waals surface area (Å²) >= 11 is 1.56. The number of nitrogens with zero attached hydrogens (tertiary/aromatic N) is 2. The Labute approximate surface area is 152 Å². The molecule has 2 aromatic heterocycles. The molecule has 0 aliphatic carbocycles. The van der Waals surface area contributed by atoms with Crippen molar-refractivity contribution in [2.75, 3.05) is 5.32 Å². The summed E-state index contributed by atoms with van der Waals surface area (Å²) < 4.78 is 0. The van der Waals surface area contributed by atoms with Crippen LogP contribution in [0.5, 0.6) is 0 Å². The number of aromatic amines is 1. The largest absolute Gasteiger partial charge is 0.326 e. The van der Waals surface area contributed by atoms with Gasteiger partial charge in [0.25, 0.3) is 5.56 Å². The van der Waals surface area contributed by atoms with Crippen LogP contribution in [-0.4, -0.2) is 21.1 Å². The van der Waals surface area contributed by atoms with E-state index in [-0.39, 0.29) is 17.9 Å². The van der Waals surface area contributed by atoms with Crippen molar-refractivity contribution >= 4 is 33.7 Å². The van der Waals surface area contributed by atoms with Gasteiger partial charge in [0.1, 0.15) is 5.01 Å². The van der Waals surface area contributed by atoms with Gasteiger partial charge in [-0.1, -0.05) is 18.2 Å². The summed E-state index contributed by atoms with van der Waals surface area (Å²) in [5.74, 6) is -0.197. The molecule has 0 aliphatic heterocycles. The number of fused-ring (bicyclic) bond motifs is 1. The summed E-state index contributed by atoms with van der Waals surface area (Å²) in [5.41, 5.74) is 1.98. The minimum Gasteiger partial charge on any atom is -0.326 e. The molecule has 6 nitrogen and oxygen atoms in total. The van der Waals surface area contributed by atoms with Crippen molar-refractivity contribution in [2.45, 2.75) is 6.42 Å². The zero-order chi connectivity index (χ0) is 17.9. The van der Waals surface area contributed by atoms with Crippen LogP contribution in [0.4, 0.5) is 5.69 Å². The summed E-state index contributed by atoms with van der Waals surface area (Å²) in [6.07, 6.45) is 1.84. The fourth-order valence-electron chi connectivity index (χ4n) is 2.73. The first kappa shape index (κ1) is 16.2. The number of amides is 1. The van der Waals surface area contributed by atoms with Crippen LogP contribution in [-0.2, 0) is 11.2 Å². The fourth-order valence-corrected chi connectivity index (χ4v) is 3.37. The lowest BCUT2D eigenvalue weighted by Gasteiger charge is -2.07. The van der Waals surface area contributed by atoms with Crippen LogP contribution >= 0.6 is 11.3 Å². The first-order valence-corrected chi connectivity index (χ1v) is 8.85. The van der Waals surface area contributed by atoms with Gasteiger partial charge in [0.15, 0.2) is 0 Å². The molecule has 7 heteroatoms. The first-order valence-electron chi connectivity index (χ1n) is 7.97. The van der Waals surface area contributed by atoms with E-state index in [9.17, 15) is 9.59 Å². The molecule has 2 N–H and O–H groups in total. The highest BCUT2D eigenvalue weighted by atomic mass is 32.1. The number of hydrogen-bond acceptors (Lipinski definition) is 5. The molecule has 1 amide bonds. The molecule has 0 radical (unpaired) electrons. The maximum Gasteiger partial charge on any atom is 0.272 e. The van der Waals surface area contributed by atoms with E-state index in [2.05, 4.69) is 20.5 Å². The van der Waals surface area contributed by atoms with E-state index in [0.29, 0.717) is 22.2 Å². The third kappa shape index (κ3) is 3.25. The van der Waals surface area contributed by atoms with E-state index in [4.69, 9.17) is 0 Å². The Kier molecular flexibility index (Phi) is 4.28. The summed E-state index contributed by atoms with van der Waals surface area (Å²) in [6, 6.07) is 14.6. The van der Waals surface area contributed by atoms with Gasteiger partial charge in [-0.3, -0.25) is 9.59 Å². The third-order valence-electron chi connectivity index (χ3n) is 3.95. The molecule has 0 atom stereocenters. The van der Waals surface area contributed by atoms with Gasteiger partial charge in [-0.15, -0.1) is 11.3 Å². The van der Waals surface area contributed by atoms with Gasteiger partial charge >= 0.3 is 0 Å². The van der Waals surface area contributed by atoms with Crippen molar-refractivity contribution in [1.82, 2.24) is 15.2 Å². The van der Waals surface area contributed by atoms with Crippen molar-refractivity contribution < 1.29 is 4.79 Å². The van der Waals surface area contributed by atoms with Gasteiger partial charge in [0.2, 0.25) is 5.91 Å². The minimum atomic E-state index is -0.262. The molecule has 26 heavy (non-hydrogen) atoms. The summed E-state index contributed by atoms with van der Waals surface area (Å²) in [4.78, 5) is 28.4.